The molecular formula is C20H23N5O3. The lowest BCUT2D eigenvalue weighted by Gasteiger charge is -2.41. The highest BCUT2D eigenvalue weighted by Gasteiger charge is 2.38. The van der Waals surface area contributed by atoms with Crippen LogP contribution < -0.4 is 9.64 Å². The van der Waals surface area contributed by atoms with Crippen LogP contribution in [0.4, 0.5) is 10.5 Å². The van der Waals surface area contributed by atoms with Gasteiger partial charge in [0, 0.05) is 39.4 Å². The van der Waals surface area contributed by atoms with E-state index in [1.54, 1.807) is 23.0 Å². The zero-order valence-corrected chi connectivity index (χ0v) is 15.8. The maximum Gasteiger partial charge on any atom is 0.324 e. The number of likely N-dealkylation sites (N-methyl/N-ethyl adjacent to an activating group) is 1. The number of fused-ring (bicyclic) bond motifs is 1. The van der Waals surface area contributed by atoms with Gasteiger partial charge in [0.1, 0.15) is 5.75 Å². The van der Waals surface area contributed by atoms with Gasteiger partial charge in [0.2, 0.25) is 0 Å². The Morgan fingerprint density at radius 1 is 1.21 bits per heavy atom. The van der Waals surface area contributed by atoms with Gasteiger partial charge in [-0.25, -0.2) is 4.79 Å². The molecule has 1 unspecified atom stereocenters. The Morgan fingerprint density at radius 3 is 2.82 bits per heavy atom. The van der Waals surface area contributed by atoms with Crippen molar-refractivity contribution in [1.29, 1.82) is 0 Å². The van der Waals surface area contributed by atoms with Gasteiger partial charge in [-0.1, -0.05) is 18.2 Å². The van der Waals surface area contributed by atoms with Crippen LogP contribution in [0.5, 0.6) is 5.75 Å². The number of urea groups is 1. The molecule has 2 saturated heterocycles. The average molecular weight is 381 g/mol. The van der Waals surface area contributed by atoms with E-state index >= 15 is 0 Å². The molecule has 4 heterocycles. The Morgan fingerprint density at radius 2 is 2.04 bits per heavy atom. The van der Waals surface area contributed by atoms with Crippen LogP contribution in [0.3, 0.4) is 0 Å². The summed E-state index contributed by atoms with van der Waals surface area (Å²) < 4.78 is 7.79. The number of likely N-dealkylation sites (tertiary alicyclic amines) is 1. The topological polar surface area (TPSA) is 70.9 Å². The van der Waals surface area contributed by atoms with Gasteiger partial charge in [-0.05, 0) is 24.5 Å². The number of aryl methyl sites for hydroxylation is 1. The number of rotatable bonds is 3. The van der Waals surface area contributed by atoms with Gasteiger partial charge >= 0.3 is 6.03 Å². The molecule has 3 amide bonds. The third-order valence-electron chi connectivity index (χ3n) is 5.86. The summed E-state index contributed by atoms with van der Waals surface area (Å²) in [6, 6.07) is 8.05. The first-order chi connectivity index (χ1) is 13.6. The molecule has 3 aliphatic rings. The van der Waals surface area contributed by atoms with Crippen molar-refractivity contribution >= 4 is 17.6 Å². The van der Waals surface area contributed by atoms with E-state index in [1.165, 1.54) is 5.56 Å². The van der Waals surface area contributed by atoms with Gasteiger partial charge in [0.05, 0.1) is 17.9 Å². The minimum Gasteiger partial charge on any atom is -0.480 e. The number of hydrogen-bond donors (Lipinski definition) is 0. The molecule has 0 bridgehead atoms. The minimum atomic E-state index is -0.401. The summed E-state index contributed by atoms with van der Waals surface area (Å²) in [6.07, 6.45) is 4.81. The van der Waals surface area contributed by atoms with Crippen LogP contribution in [0, 0.1) is 0 Å². The second-order valence-electron chi connectivity index (χ2n) is 7.68. The van der Waals surface area contributed by atoms with E-state index in [4.69, 9.17) is 4.74 Å². The molecule has 1 aromatic heterocycles. The van der Waals surface area contributed by atoms with E-state index < -0.39 is 6.10 Å². The maximum atomic E-state index is 12.8. The van der Waals surface area contributed by atoms with Crippen molar-refractivity contribution in [3.63, 3.8) is 0 Å². The molecule has 0 spiro atoms. The Bertz CT molecular complexity index is 920. The largest absolute Gasteiger partial charge is 0.480 e. The van der Waals surface area contributed by atoms with Gasteiger partial charge in [0.15, 0.2) is 6.10 Å². The number of benzene rings is 1. The second-order valence-corrected chi connectivity index (χ2v) is 7.68. The zero-order valence-electron chi connectivity index (χ0n) is 15.8. The summed E-state index contributed by atoms with van der Waals surface area (Å²) in [4.78, 5) is 30.2. The lowest BCUT2D eigenvalue weighted by Crippen LogP contribution is -2.55. The fourth-order valence-electron chi connectivity index (χ4n) is 4.06. The first kappa shape index (κ1) is 17.1. The monoisotopic (exact) mass is 381 g/mol. The van der Waals surface area contributed by atoms with Crippen molar-refractivity contribution in [2.45, 2.75) is 25.0 Å². The average Bonchev–Trinajstić information content (AvgIpc) is 3.27. The summed E-state index contributed by atoms with van der Waals surface area (Å²) in [5.74, 6) is 0.871. The number of hydrogen-bond acceptors (Lipinski definition) is 4. The van der Waals surface area contributed by atoms with E-state index in [0.717, 1.165) is 24.4 Å². The number of carbonyl (C=O) groups is 2. The normalized spacial score (nSPS) is 22.1. The number of carbonyl (C=O) groups excluding carboxylic acids is 2. The Labute approximate surface area is 163 Å². The Balaban J connectivity index is 1.19. The molecule has 0 radical (unpaired) electrons. The predicted molar refractivity (Wildman–Crippen MR) is 102 cm³/mol. The Hall–Kier alpha value is -3.03. The standard InChI is InChI=1S/C20H23N5O3/c1-22-8-9-24(20(22)27)15-10-21-25(13-15)16-11-23(12-16)19(26)18-7-6-14-4-2-3-5-17(14)28-18/h2-5,10,13,16,18H,6-9,11-12H2,1H3. The zero-order chi connectivity index (χ0) is 19.3. The van der Waals surface area contributed by atoms with Gasteiger partial charge in [-0.3, -0.25) is 14.4 Å². The first-order valence-electron chi connectivity index (χ1n) is 9.70. The number of nitrogens with zero attached hydrogens (tertiary/aromatic N) is 5. The van der Waals surface area contributed by atoms with Crippen LogP contribution in [-0.2, 0) is 11.2 Å². The second kappa shape index (κ2) is 6.54. The molecule has 2 aromatic rings. The molecular weight excluding hydrogens is 358 g/mol. The van der Waals surface area contributed by atoms with Crippen LogP contribution in [0.15, 0.2) is 36.7 Å². The lowest BCUT2D eigenvalue weighted by molar-refractivity contribution is -0.145. The third kappa shape index (κ3) is 2.80. The summed E-state index contributed by atoms with van der Waals surface area (Å²) in [5.41, 5.74) is 1.98. The van der Waals surface area contributed by atoms with Crippen LogP contribution in [-0.4, -0.2) is 70.8 Å². The van der Waals surface area contributed by atoms with Crippen LogP contribution in [0.1, 0.15) is 18.0 Å². The first-order valence-corrected chi connectivity index (χ1v) is 9.70. The van der Waals surface area contributed by atoms with Crippen molar-refractivity contribution in [3.8, 4) is 5.75 Å². The van der Waals surface area contributed by atoms with Gasteiger partial charge in [0.25, 0.3) is 5.91 Å². The summed E-state index contributed by atoms with van der Waals surface area (Å²) in [6.45, 7) is 2.64. The summed E-state index contributed by atoms with van der Waals surface area (Å²) in [7, 11) is 1.80. The predicted octanol–water partition coefficient (Wildman–Crippen LogP) is 1.53. The summed E-state index contributed by atoms with van der Waals surface area (Å²) in [5, 5.41) is 4.41. The minimum absolute atomic E-state index is 0.000285. The Kier molecular flexibility index (Phi) is 3.99. The highest BCUT2D eigenvalue weighted by molar-refractivity contribution is 5.93. The van der Waals surface area contributed by atoms with E-state index in [0.29, 0.717) is 26.1 Å². The van der Waals surface area contributed by atoms with E-state index in [1.807, 2.05) is 40.0 Å². The number of aromatic nitrogens is 2. The molecule has 28 heavy (non-hydrogen) atoms. The van der Waals surface area contributed by atoms with E-state index in [2.05, 4.69) is 5.10 Å². The molecule has 5 rings (SSSR count). The quantitative estimate of drug-likeness (QED) is 0.809. The molecule has 1 aromatic carbocycles. The van der Waals surface area contributed by atoms with Gasteiger partial charge in [-0.2, -0.15) is 5.10 Å². The fourth-order valence-corrected chi connectivity index (χ4v) is 4.06. The smallest absolute Gasteiger partial charge is 0.324 e. The molecule has 8 nitrogen and oxygen atoms in total. The molecule has 0 N–H and O–H groups in total. The highest BCUT2D eigenvalue weighted by Crippen LogP contribution is 2.30. The number of amides is 3. The van der Waals surface area contributed by atoms with Gasteiger partial charge < -0.3 is 14.5 Å². The van der Waals surface area contributed by atoms with Crippen LogP contribution >= 0.6 is 0 Å². The molecule has 8 heteroatoms. The molecule has 0 aliphatic carbocycles. The fraction of sp³-hybridized carbons (Fsp3) is 0.450. The van der Waals surface area contributed by atoms with Crippen molar-refractivity contribution in [2.24, 2.45) is 0 Å². The molecule has 0 saturated carbocycles. The molecule has 3 aliphatic heterocycles. The third-order valence-corrected chi connectivity index (χ3v) is 5.86. The molecule has 146 valence electrons. The molecule has 2 fully saturated rings. The number of ether oxygens (including phenoxy) is 1. The van der Waals surface area contributed by atoms with E-state index in [9.17, 15) is 9.59 Å². The highest BCUT2D eigenvalue weighted by atomic mass is 16.5. The number of para-hydroxylation sites is 1. The van der Waals surface area contributed by atoms with Crippen molar-refractivity contribution < 1.29 is 14.3 Å². The molecule has 1 atom stereocenters. The van der Waals surface area contributed by atoms with Crippen LogP contribution in [0.25, 0.3) is 0 Å². The van der Waals surface area contributed by atoms with Crippen molar-refractivity contribution in [1.82, 2.24) is 19.6 Å². The summed E-state index contributed by atoms with van der Waals surface area (Å²) >= 11 is 0. The lowest BCUT2D eigenvalue weighted by atomic mass is 10.00. The maximum absolute atomic E-state index is 12.8. The van der Waals surface area contributed by atoms with Crippen molar-refractivity contribution in [2.75, 3.05) is 38.1 Å². The van der Waals surface area contributed by atoms with Crippen molar-refractivity contribution in [3.05, 3.63) is 42.2 Å². The van der Waals surface area contributed by atoms with E-state index in [-0.39, 0.29) is 18.0 Å². The van der Waals surface area contributed by atoms with Gasteiger partial charge in [-0.15, -0.1) is 0 Å². The van der Waals surface area contributed by atoms with Crippen LogP contribution in [0.2, 0.25) is 0 Å². The number of anilines is 1. The SMILES string of the molecule is CN1CCN(c2cnn(C3CN(C(=O)C4CCc5ccccc5O4)C3)c2)C1=O.